The van der Waals surface area contributed by atoms with Gasteiger partial charge in [0.15, 0.2) is 0 Å². The quantitative estimate of drug-likeness (QED) is 0.851. The van der Waals surface area contributed by atoms with Gasteiger partial charge in [0.1, 0.15) is 5.75 Å². The first kappa shape index (κ1) is 11.1. The highest BCUT2D eigenvalue weighted by Gasteiger charge is 2.40. The number of hydrogen-bond acceptors (Lipinski definition) is 3. The van der Waals surface area contributed by atoms with E-state index in [1.807, 2.05) is 12.1 Å². The molecule has 17 heavy (non-hydrogen) atoms. The summed E-state index contributed by atoms with van der Waals surface area (Å²) in [7, 11) is 2.23. The first-order chi connectivity index (χ1) is 8.22. The number of benzene rings is 1. The maximum atomic E-state index is 9.42. The Labute approximate surface area is 103 Å². The highest BCUT2D eigenvalue weighted by Crippen LogP contribution is 2.29. The fourth-order valence-electron chi connectivity index (χ4n) is 3.21. The Balaban J connectivity index is 1.56. The summed E-state index contributed by atoms with van der Waals surface area (Å²) in [5, 5.41) is 9.42. The van der Waals surface area contributed by atoms with E-state index in [1.54, 1.807) is 6.07 Å². The highest BCUT2D eigenvalue weighted by molar-refractivity contribution is 5.27. The first-order valence-corrected chi connectivity index (χ1v) is 6.44. The number of likely N-dealkylation sites (tertiary alicyclic amines) is 2. The summed E-state index contributed by atoms with van der Waals surface area (Å²) in [4.78, 5) is 5.09. The maximum absolute atomic E-state index is 9.42. The number of phenolic OH excluding ortho intramolecular Hbond substituents is 1. The summed E-state index contributed by atoms with van der Waals surface area (Å²) in [6.07, 6.45) is 2.39. The SMILES string of the molecule is CN1CC2CC1CN2CCc1cccc(O)c1. The van der Waals surface area contributed by atoms with Crippen LogP contribution in [0.5, 0.6) is 5.75 Å². The Bertz CT molecular complexity index is 405. The van der Waals surface area contributed by atoms with Gasteiger partial charge in [-0.3, -0.25) is 4.90 Å². The molecule has 0 radical (unpaired) electrons. The third-order valence-electron chi connectivity index (χ3n) is 4.23. The van der Waals surface area contributed by atoms with Gasteiger partial charge in [-0.05, 0) is 37.6 Å². The lowest BCUT2D eigenvalue weighted by Gasteiger charge is -2.31. The number of nitrogens with zero attached hydrogens (tertiary/aromatic N) is 2. The monoisotopic (exact) mass is 232 g/mol. The van der Waals surface area contributed by atoms with Gasteiger partial charge in [-0.2, -0.15) is 0 Å². The minimum Gasteiger partial charge on any atom is -0.508 e. The van der Waals surface area contributed by atoms with Crippen molar-refractivity contribution >= 4 is 0 Å². The molecule has 1 N–H and O–H groups in total. The maximum Gasteiger partial charge on any atom is 0.115 e. The second-order valence-electron chi connectivity index (χ2n) is 5.40. The summed E-state index contributed by atoms with van der Waals surface area (Å²) in [6.45, 7) is 3.57. The van der Waals surface area contributed by atoms with Gasteiger partial charge < -0.3 is 10.0 Å². The normalized spacial score (nSPS) is 29.0. The van der Waals surface area contributed by atoms with Crippen LogP contribution in [0.4, 0.5) is 0 Å². The molecular weight excluding hydrogens is 212 g/mol. The molecule has 0 aromatic heterocycles. The Morgan fingerprint density at radius 2 is 2.18 bits per heavy atom. The molecule has 2 fully saturated rings. The molecule has 3 heteroatoms. The second kappa shape index (κ2) is 4.31. The number of hydrogen-bond donors (Lipinski definition) is 1. The molecule has 2 atom stereocenters. The number of aromatic hydroxyl groups is 1. The summed E-state index contributed by atoms with van der Waals surface area (Å²) in [5.74, 6) is 0.380. The van der Waals surface area contributed by atoms with E-state index in [9.17, 15) is 5.11 Å². The van der Waals surface area contributed by atoms with Gasteiger partial charge in [0.05, 0.1) is 0 Å². The number of likely N-dealkylation sites (N-methyl/N-ethyl adjacent to an activating group) is 1. The number of fused-ring (bicyclic) bond motifs is 2. The minimum absolute atomic E-state index is 0.380. The van der Waals surface area contributed by atoms with Crippen molar-refractivity contribution < 1.29 is 5.11 Å². The zero-order valence-corrected chi connectivity index (χ0v) is 10.3. The van der Waals surface area contributed by atoms with Crippen LogP contribution in [-0.4, -0.2) is 53.7 Å². The van der Waals surface area contributed by atoms with Gasteiger partial charge in [0.25, 0.3) is 0 Å². The van der Waals surface area contributed by atoms with E-state index in [0.717, 1.165) is 25.0 Å². The van der Waals surface area contributed by atoms with Gasteiger partial charge in [-0.15, -0.1) is 0 Å². The van der Waals surface area contributed by atoms with E-state index in [1.165, 1.54) is 25.1 Å². The van der Waals surface area contributed by atoms with Crippen LogP contribution in [0.2, 0.25) is 0 Å². The lowest BCUT2D eigenvalue weighted by atomic mass is 10.1. The van der Waals surface area contributed by atoms with E-state index >= 15 is 0 Å². The van der Waals surface area contributed by atoms with Gasteiger partial charge in [-0.1, -0.05) is 12.1 Å². The molecule has 0 aliphatic carbocycles. The number of rotatable bonds is 3. The lowest BCUT2D eigenvalue weighted by molar-refractivity contribution is 0.151. The third kappa shape index (κ3) is 2.17. The standard InChI is InChI=1S/C14H20N2O/c1-15-9-13-8-12(15)10-16(13)6-5-11-3-2-4-14(17)7-11/h2-4,7,12-13,17H,5-6,8-10H2,1H3. The predicted octanol–water partition coefficient (Wildman–Crippen LogP) is 1.32. The van der Waals surface area contributed by atoms with Crippen molar-refractivity contribution in [2.24, 2.45) is 0 Å². The van der Waals surface area contributed by atoms with E-state index in [0.29, 0.717) is 5.75 Å². The summed E-state index contributed by atoms with van der Waals surface area (Å²) in [6, 6.07) is 9.18. The predicted molar refractivity (Wildman–Crippen MR) is 68.2 cm³/mol. The van der Waals surface area contributed by atoms with Crippen molar-refractivity contribution in [2.45, 2.75) is 24.9 Å². The molecule has 2 unspecified atom stereocenters. The van der Waals surface area contributed by atoms with Crippen LogP contribution in [0.25, 0.3) is 0 Å². The zero-order valence-electron chi connectivity index (χ0n) is 10.3. The molecule has 1 aromatic carbocycles. The van der Waals surface area contributed by atoms with Crippen LogP contribution in [0, 0.1) is 0 Å². The van der Waals surface area contributed by atoms with Crippen molar-refractivity contribution in [3.05, 3.63) is 29.8 Å². The number of piperazine rings is 1. The Morgan fingerprint density at radius 1 is 1.29 bits per heavy atom. The van der Waals surface area contributed by atoms with Crippen molar-refractivity contribution in [3.63, 3.8) is 0 Å². The third-order valence-corrected chi connectivity index (χ3v) is 4.23. The van der Waals surface area contributed by atoms with Gasteiger partial charge in [-0.25, -0.2) is 0 Å². The van der Waals surface area contributed by atoms with E-state index in [4.69, 9.17) is 0 Å². The van der Waals surface area contributed by atoms with Gasteiger partial charge >= 0.3 is 0 Å². The molecule has 2 bridgehead atoms. The fourth-order valence-corrected chi connectivity index (χ4v) is 3.21. The molecule has 2 aliphatic rings. The lowest BCUT2D eigenvalue weighted by Crippen LogP contribution is -2.45. The average molecular weight is 232 g/mol. The van der Waals surface area contributed by atoms with E-state index < -0.39 is 0 Å². The van der Waals surface area contributed by atoms with Crippen molar-refractivity contribution in [1.29, 1.82) is 0 Å². The highest BCUT2D eigenvalue weighted by atomic mass is 16.3. The topological polar surface area (TPSA) is 26.7 Å². The molecule has 0 saturated carbocycles. The molecule has 2 aliphatic heterocycles. The Hall–Kier alpha value is -1.06. The minimum atomic E-state index is 0.380. The van der Waals surface area contributed by atoms with E-state index in [-0.39, 0.29) is 0 Å². The molecule has 92 valence electrons. The smallest absolute Gasteiger partial charge is 0.115 e. The van der Waals surface area contributed by atoms with Gasteiger partial charge in [0, 0.05) is 31.7 Å². The van der Waals surface area contributed by atoms with Crippen LogP contribution in [-0.2, 0) is 6.42 Å². The molecule has 3 rings (SSSR count). The van der Waals surface area contributed by atoms with Crippen LogP contribution in [0.15, 0.2) is 24.3 Å². The average Bonchev–Trinajstić information content (AvgIpc) is 2.85. The molecule has 0 amide bonds. The van der Waals surface area contributed by atoms with Crippen LogP contribution in [0.1, 0.15) is 12.0 Å². The summed E-state index contributed by atoms with van der Waals surface area (Å²) >= 11 is 0. The molecule has 1 aromatic rings. The molecule has 0 spiro atoms. The van der Waals surface area contributed by atoms with Crippen molar-refractivity contribution in [1.82, 2.24) is 9.80 Å². The summed E-state index contributed by atoms with van der Waals surface area (Å²) < 4.78 is 0. The van der Waals surface area contributed by atoms with Crippen molar-refractivity contribution in [3.8, 4) is 5.75 Å². The van der Waals surface area contributed by atoms with E-state index in [2.05, 4.69) is 22.9 Å². The van der Waals surface area contributed by atoms with Crippen LogP contribution >= 0.6 is 0 Å². The molecule has 3 nitrogen and oxygen atoms in total. The Kier molecular flexibility index (Phi) is 2.81. The molecule has 2 heterocycles. The van der Waals surface area contributed by atoms with Crippen molar-refractivity contribution in [2.75, 3.05) is 26.7 Å². The fraction of sp³-hybridized carbons (Fsp3) is 0.571. The number of phenols is 1. The van der Waals surface area contributed by atoms with Gasteiger partial charge in [0.2, 0.25) is 0 Å². The largest absolute Gasteiger partial charge is 0.508 e. The van der Waals surface area contributed by atoms with Crippen LogP contribution < -0.4 is 0 Å². The van der Waals surface area contributed by atoms with Crippen LogP contribution in [0.3, 0.4) is 0 Å². The summed E-state index contributed by atoms with van der Waals surface area (Å²) in [5.41, 5.74) is 1.24. The molecule has 2 saturated heterocycles. The first-order valence-electron chi connectivity index (χ1n) is 6.44. The molecular formula is C14H20N2O. The zero-order chi connectivity index (χ0) is 11.8. The second-order valence-corrected chi connectivity index (χ2v) is 5.40. The Morgan fingerprint density at radius 3 is 2.82 bits per heavy atom.